The minimum absolute atomic E-state index is 0.153. The van der Waals surface area contributed by atoms with Crippen molar-refractivity contribution >= 4 is 23.1 Å². The molecule has 0 unspecified atom stereocenters. The molecule has 0 heterocycles. The van der Waals surface area contributed by atoms with Gasteiger partial charge in [0.15, 0.2) is 5.78 Å². The molecule has 98 valence electrons. The van der Waals surface area contributed by atoms with E-state index in [-0.39, 0.29) is 5.78 Å². The molecule has 0 amide bonds. The summed E-state index contributed by atoms with van der Waals surface area (Å²) in [7, 11) is 1.55. The number of nitrogen functional groups attached to an aromatic ring is 1. The fourth-order valence-corrected chi connectivity index (χ4v) is 2.00. The first kappa shape index (κ1) is 13.4. The van der Waals surface area contributed by atoms with Gasteiger partial charge in [0, 0.05) is 16.8 Å². The smallest absolute Gasteiger partial charge is 0.194 e. The Labute approximate surface area is 117 Å². The first-order valence-electron chi connectivity index (χ1n) is 5.77. The van der Waals surface area contributed by atoms with Gasteiger partial charge in [0.2, 0.25) is 0 Å². The molecule has 0 saturated carbocycles. The molecule has 2 aromatic rings. The van der Waals surface area contributed by atoms with E-state index in [2.05, 4.69) is 0 Å². The molecule has 0 atom stereocenters. The summed E-state index contributed by atoms with van der Waals surface area (Å²) in [4.78, 5) is 12.3. The summed E-state index contributed by atoms with van der Waals surface area (Å²) in [6.07, 6.45) is 0. The Balaban J connectivity index is 2.41. The molecule has 0 aliphatic heterocycles. The second-order valence-electron chi connectivity index (χ2n) is 4.25. The third-order valence-corrected chi connectivity index (χ3v) is 3.28. The van der Waals surface area contributed by atoms with Crippen molar-refractivity contribution in [2.45, 2.75) is 6.92 Å². The van der Waals surface area contributed by atoms with Gasteiger partial charge in [0.05, 0.1) is 12.1 Å². The molecule has 2 aromatic carbocycles. The van der Waals surface area contributed by atoms with Crippen LogP contribution in [-0.4, -0.2) is 12.9 Å². The van der Waals surface area contributed by atoms with Gasteiger partial charge in [-0.15, -0.1) is 0 Å². The van der Waals surface area contributed by atoms with E-state index in [1.165, 1.54) is 0 Å². The summed E-state index contributed by atoms with van der Waals surface area (Å²) in [6.45, 7) is 1.89. The number of rotatable bonds is 3. The largest absolute Gasteiger partial charge is 0.497 e. The molecule has 0 aromatic heterocycles. The number of methoxy groups -OCH3 is 1. The average Bonchev–Trinajstić information content (AvgIpc) is 2.41. The average molecular weight is 276 g/mol. The molecule has 2 rings (SSSR count). The number of aryl methyl sites for hydroxylation is 1. The maximum Gasteiger partial charge on any atom is 0.194 e. The molecular weight excluding hydrogens is 262 g/mol. The summed E-state index contributed by atoms with van der Waals surface area (Å²) in [5, 5.41) is 0.364. The number of ketones is 1. The number of benzene rings is 2. The zero-order valence-corrected chi connectivity index (χ0v) is 11.5. The minimum atomic E-state index is -0.153. The van der Waals surface area contributed by atoms with Crippen LogP contribution in [0.3, 0.4) is 0 Å². The molecule has 19 heavy (non-hydrogen) atoms. The van der Waals surface area contributed by atoms with Crippen LogP contribution in [0.2, 0.25) is 5.02 Å². The predicted molar refractivity (Wildman–Crippen MR) is 77.0 cm³/mol. The van der Waals surface area contributed by atoms with Gasteiger partial charge in [-0.2, -0.15) is 0 Å². The van der Waals surface area contributed by atoms with Gasteiger partial charge in [-0.1, -0.05) is 23.7 Å². The second-order valence-corrected chi connectivity index (χ2v) is 4.65. The van der Waals surface area contributed by atoms with E-state index in [0.717, 1.165) is 5.56 Å². The molecule has 0 fully saturated rings. The lowest BCUT2D eigenvalue weighted by Crippen LogP contribution is -2.04. The van der Waals surface area contributed by atoms with Crippen LogP contribution in [0.5, 0.6) is 5.75 Å². The predicted octanol–water partition coefficient (Wildman–Crippen LogP) is 3.47. The molecule has 0 saturated heterocycles. The maximum atomic E-state index is 12.3. The van der Waals surface area contributed by atoms with E-state index in [1.807, 2.05) is 13.0 Å². The van der Waals surface area contributed by atoms with Crippen molar-refractivity contribution in [3.8, 4) is 5.75 Å². The van der Waals surface area contributed by atoms with Crippen molar-refractivity contribution < 1.29 is 9.53 Å². The Morgan fingerprint density at radius 3 is 2.53 bits per heavy atom. The monoisotopic (exact) mass is 275 g/mol. The standard InChI is InChI=1S/C15H14ClNO2/c1-9-3-4-10(7-14(9)17)15(18)12-6-5-11(19-2)8-13(12)16/h3-8H,17H2,1-2H3. The van der Waals surface area contributed by atoms with Crippen LogP contribution in [0.1, 0.15) is 21.5 Å². The van der Waals surface area contributed by atoms with Crippen LogP contribution >= 0.6 is 11.6 Å². The Kier molecular flexibility index (Phi) is 3.76. The van der Waals surface area contributed by atoms with E-state index in [0.29, 0.717) is 27.6 Å². The molecule has 3 nitrogen and oxygen atoms in total. The van der Waals surface area contributed by atoms with E-state index in [9.17, 15) is 4.79 Å². The zero-order chi connectivity index (χ0) is 14.0. The lowest BCUT2D eigenvalue weighted by Gasteiger charge is -2.07. The number of nitrogens with two attached hydrogens (primary N) is 1. The first-order chi connectivity index (χ1) is 9.02. The number of anilines is 1. The highest BCUT2D eigenvalue weighted by molar-refractivity contribution is 6.35. The number of carbonyl (C=O) groups excluding carboxylic acids is 1. The van der Waals surface area contributed by atoms with Crippen LogP contribution in [0, 0.1) is 6.92 Å². The Bertz CT molecular complexity index is 638. The number of hydrogen-bond donors (Lipinski definition) is 1. The van der Waals surface area contributed by atoms with Crippen molar-refractivity contribution in [3.63, 3.8) is 0 Å². The lowest BCUT2D eigenvalue weighted by atomic mass is 10.0. The fraction of sp³-hybridized carbons (Fsp3) is 0.133. The van der Waals surface area contributed by atoms with E-state index >= 15 is 0 Å². The van der Waals surface area contributed by atoms with Crippen molar-refractivity contribution in [1.29, 1.82) is 0 Å². The second kappa shape index (κ2) is 5.33. The van der Waals surface area contributed by atoms with Crippen molar-refractivity contribution in [3.05, 3.63) is 58.1 Å². The molecule has 0 aliphatic carbocycles. The number of ether oxygens (including phenoxy) is 1. The number of carbonyl (C=O) groups is 1. The van der Waals surface area contributed by atoms with Crippen molar-refractivity contribution in [1.82, 2.24) is 0 Å². The van der Waals surface area contributed by atoms with Crippen LogP contribution in [-0.2, 0) is 0 Å². The Morgan fingerprint density at radius 1 is 1.21 bits per heavy atom. The van der Waals surface area contributed by atoms with Crippen molar-refractivity contribution in [2.24, 2.45) is 0 Å². The summed E-state index contributed by atoms with van der Waals surface area (Å²) in [6, 6.07) is 10.2. The molecule has 2 N–H and O–H groups in total. The summed E-state index contributed by atoms with van der Waals surface area (Å²) >= 11 is 6.09. The number of halogens is 1. The molecule has 4 heteroatoms. The highest BCUT2D eigenvalue weighted by Crippen LogP contribution is 2.25. The SMILES string of the molecule is COc1ccc(C(=O)c2ccc(C)c(N)c2)c(Cl)c1. The Hall–Kier alpha value is -2.00. The van der Waals surface area contributed by atoms with Crippen molar-refractivity contribution in [2.75, 3.05) is 12.8 Å². The van der Waals surface area contributed by atoms with Crippen LogP contribution in [0.4, 0.5) is 5.69 Å². The van der Waals surface area contributed by atoms with Gasteiger partial charge < -0.3 is 10.5 Å². The highest BCUT2D eigenvalue weighted by atomic mass is 35.5. The van der Waals surface area contributed by atoms with Gasteiger partial charge in [0.1, 0.15) is 5.75 Å². The van der Waals surface area contributed by atoms with Crippen LogP contribution in [0.25, 0.3) is 0 Å². The van der Waals surface area contributed by atoms with Crippen LogP contribution < -0.4 is 10.5 Å². The van der Waals surface area contributed by atoms with Gasteiger partial charge in [0.25, 0.3) is 0 Å². The fourth-order valence-electron chi connectivity index (χ4n) is 1.74. The molecular formula is C15H14ClNO2. The quantitative estimate of drug-likeness (QED) is 0.689. The number of hydrogen-bond acceptors (Lipinski definition) is 3. The normalized spacial score (nSPS) is 10.3. The van der Waals surface area contributed by atoms with Gasteiger partial charge >= 0.3 is 0 Å². The maximum absolute atomic E-state index is 12.3. The topological polar surface area (TPSA) is 52.3 Å². The summed E-state index contributed by atoms with van der Waals surface area (Å²) in [5.74, 6) is 0.462. The minimum Gasteiger partial charge on any atom is -0.497 e. The molecule has 0 radical (unpaired) electrons. The first-order valence-corrected chi connectivity index (χ1v) is 6.15. The van der Waals surface area contributed by atoms with E-state index in [4.69, 9.17) is 22.1 Å². The molecule has 0 bridgehead atoms. The summed E-state index contributed by atoms with van der Waals surface area (Å²) in [5.41, 5.74) is 8.31. The van der Waals surface area contributed by atoms with Crippen LogP contribution in [0.15, 0.2) is 36.4 Å². The van der Waals surface area contributed by atoms with E-state index in [1.54, 1.807) is 37.4 Å². The Morgan fingerprint density at radius 2 is 1.95 bits per heavy atom. The molecule has 0 aliphatic rings. The highest BCUT2D eigenvalue weighted by Gasteiger charge is 2.14. The zero-order valence-electron chi connectivity index (χ0n) is 10.7. The summed E-state index contributed by atoms with van der Waals surface area (Å²) < 4.78 is 5.05. The third-order valence-electron chi connectivity index (χ3n) is 2.96. The molecule has 0 spiro atoms. The lowest BCUT2D eigenvalue weighted by molar-refractivity contribution is 0.103. The van der Waals surface area contributed by atoms with Gasteiger partial charge in [-0.05, 0) is 36.8 Å². The van der Waals surface area contributed by atoms with E-state index < -0.39 is 0 Å². The third kappa shape index (κ3) is 2.71. The van der Waals surface area contributed by atoms with Gasteiger partial charge in [-0.3, -0.25) is 4.79 Å². The van der Waals surface area contributed by atoms with Gasteiger partial charge in [-0.25, -0.2) is 0 Å².